The minimum atomic E-state index is -1.96. The van der Waals surface area contributed by atoms with E-state index < -0.39 is 17.4 Å². The number of carbonyl (C=O) groups is 2. The highest BCUT2D eigenvalue weighted by Gasteiger charge is 2.48. The van der Waals surface area contributed by atoms with Crippen LogP contribution in [-0.4, -0.2) is 32.3 Å². The molecule has 0 aliphatic rings. The van der Waals surface area contributed by atoms with E-state index in [2.05, 4.69) is 4.98 Å². The summed E-state index contributed by atoms with van der Waals surface area (Å²) in [6.45, 7) is 3.67. The number of ether oxygens (including phenoxy) is 1. The molecule has 3 rings (SSSR count). The third-order valence-electron chi connectivity index (χ3n) is 4.84. The van der Waals surface area contributed by atoms with E-state index in [1.807, 2.05) is 25.1 Å². The molecular formula is C23H23ClN2O4S. The van der Waals surface area contributed by atoms with Crippen LogP contribution < -0.4 is 4.74 Å². The van der Waals surface area contributed by atoms with Gasteiger partial charge in [-0.2, -0.15) is 0 Å². The first-order chi connectivity index (χ1) is 14.9. The number of aliphatic carboxylic acids is 1. The first-order valence-electron chi connectivity index (χ1n) is 9.80. The number of hydrogen-bond donors (Lipinski definition) is 1. The van der Waals surface area contributed by atoms with Gasteiger partial charge in [-0.15, -0.1) is 0 Å². The molecule has 2 aromatic carbocycles. The number of esters is 1. The molecule has 0 fully saturated rings. The van der Waals surface area contributed by atoms with Crippen molar-refractivity contribution >= 4 is 35.3 Å². The van der Waals surface area contributed by atoms with Crippen molar-refractivity contribution in [3.05, 3.63) is 77.1 Å². The van der Waals surface area contributed by atoms with Crippen LogP contribution in [0.1, 0.15) is 31.5 Å². The van der Waals surface area contributed by atoms with Crippen molar-refractivity contribution in [2.75, 3.05) is 5.75 Å². The molecule has 1 unspecified atom stereocenters. The Labute approximate surface area is 190 Å². The predicted molar refractivity (Wildman–Crippen MR) is 121 cm³/mol. The number of hydrogen-bond acceptors (Lipinski definition) is 5. The second-order valence-corrected chi connectivity index (χ2v) is 8.55. The molecule has 0 saturated carbocycles. The Bertz CT molecular complexity index is 1070. The van der Waals surface area contributed by atoms with Gasteiger partial charge in [-0.05, 0) is 37.1 Å². The van der Waals surface area contributed by atoms with E-state index in [9.17, 15) is 14.7 Å². The highest BCUT2D eigenvalue weighted by Crippen LogP contribution is 2.32. The average Bonchev–Trinajstić information content (AvgIpc) is 3.16. The average molecular weight is 459 g/mol. The fraction of sp³-hybridized carbons (Fsp3) is 0.261. The second kappa shape index (κ2) is 10.0. The molecule has 0 spiro atoms. The number of carbonyl (C=O) groups excluding carboxylic acids is 1. The largest absolute Gasteiger partial charge is 0.480 e. The number of thioether (sulfide) groups is 1. The maximum Gasteiger partial charge on any atom is 0.334 e. The summed E-state index contributed by atoms with van der Waals surface area (Å²) in [6, 6.07) is 15.7. The molecule has 1 atom stereocenters. The smallest absolute Gasteiger partial charge is 0.334 e. The van der Waals surface area contributed by atoms with Crippen molar-refractivity contribution < 1.29 is 19.4 Å². The van der Waals surface area contributed by atoms with Gasteiger partial charge in [0.25, 0.3) is 0 Å². The summed E-state index contributed by atoms with van der Waals surface area (Å²) in [4.78, 5) is 29.9. The van der Waals surface area contributed by atoms with Gasteiger partial charge in [-0.1, -0.05) is 66.7 Å². The van der Waals surface area contributed by atoms with Crippen LogP contribution in [0.25, 0.3) is 0 Å². The summed E-state index contributed by atoms with van der Waals surface area (Å²) in [5.74, 6) is -1.13. The maximum absolute atomic E-state index is 13.1. The highest BCUT2D eigenvalue weighted by molar-refractivity contribution is 7.99. The van der Waals surface area contributed by atoms with E-state index in [1.54, 1.807) is 41.0 Å². The van der Waals surface area contributed by atoms with Gasteiger partial charge in [0.2, 0.25) is 5.41 Å². The van der Waals surface area contributed by atoms with E-state index >= 15 is 0 Å². The quantitative estimate of drug-likeness (QED) is 0.209. The lowest BCUT2D eigenvalue weighted by Crippen LogP contribution is -2.45. The topological polar surface area (TPSA) is 81.4 Å². The normalized spacial score (nSPS) is 12.9. The summed E-state index contributed by atoms with van der Waals surface area (Å²) < 4.78 is 7.16. The van der Waals surface area contributed by atoms with Crippen LogP contribution in [0.5, 0.6) is 5.75 Å². The Morgan fingerprint density at radius 1 is 1.16 bits per heavy atom. The number of para-hydroxylation sites is 1. The summed E-state index contributed by atoms with van der Waals surface area (Å²) in [6.07, 6.45) is 2.36. The van der Waals surface area contributed by atoms with Crippen molar-refractivity contribution in [1.82, 2.24) is 9.55 Å². The van der Waals surface area contributed by atoms with Gasteiger partial charge in [0, 0.05) is 10.8 Å². The molecule has 0 aliphatic heterocycles. The molecule has 8 heteroatoms. The molecule has 1 N–H and O–H groups in total. The van der Waals surface area contributed by atoms with E-state index in [4.69, 9.17) is 16.3 Å². The molecule has 1 heterocycles. The van der Waals surface area contributed by atoms with Gasteiger partial charge in [0.15, 0.2) is 5.16 Å². The molecule has 6 nitrogen and oxygen atoms in total. The van der Waals surface area contributed by atoms with Crippen LogP contribution in [0.4, 0.5) is 0 Å². The highest BCUT2D eigenvalue weighted by atomic mass is 35.5. The zero-order chi connectivity index (χ0) is 22.4. The molecule has 0 bridgehead atoms. The summed E-state index contributed by atoms with van der Waals surface area (Å²) in [5.41, 5.74) is -0.930. The predicted octanol–water partition coefficient (Wildman–Crippen LogP) is 5.03. The van der Waals surface area contributed by atoms with Crippen LogP contribution in [-0.2, 0) is 21.5 Å². The van der Waals surface area contributed by atoms with Gasteiger partial charge in [-0.3, -0.25) is 4.79 Å². The number of nitrogens with zero attached hydrogens (tertiary/aromatic N) is 2. The monoisotopic (exact) mass is 458 g/mol. The maximum atomic E-state index is 13.1. The Kier molecular flexibility index (Phi) is 7.41. The van der Waals surface area contributed by atoms with Crippen LogP contribution in [0, 0.1) is 0 Å². The van der Waals surface area contributed by atoms with Crippen LogP contribution in [0.15, 0.2) is 66.0 Å². The van der Waals surface area contributed by atoms with E-state index in [1.165, 1.54) is 24.9 Å². The Morgan fingerprint density at radius 2 is 1.84 bits per heavy atom. The molecule has 162 valence electrons. The third-order valence-corrected chi connectivity index (χ3v) is 6.41. The van der Waals surface area contributed by atoms with Crippen molar-refractivity contribution in [2.45, 2.75) is 37.4 Å². The lowest BCUT2D eigenvalue weighted by molar-refractivity contribution is -0.155. The first kappa shape index (κ1) is 22.9. The summed E-state index contributed by atoms with van der Waals surface area (Å²) in [5, 5.41) is 11.3. The van der Waals surface area contributed by atoms with Gasteiger partial charge in [-0.25, -0.2) is 9.78 Å². The van der Waals surface area contributed by atoms with Crippen molar-refractivity contribution in [1.29, 1.82) is 0 Å². The zero-order valence-corrected chi connectivity index (χ0v) is 18.8. The van der Waals surface area contributed by atoms with E-state index in [0.717, 1.165) is 17.7 Å². The molecule has 31 heavy (non-hydrogen) atoms. The molecule has 0 radical (unpaired) electrons. The number of carboxylic acids is 1. The summed E-state index contributed by atoms with van der Waals surface area (Å²) >= 11 is 7.85. The fourth-order valence-corrected chi connectivity index (χ4v) is 4.04. The van der Waals surface area contributed by atoms with Crippen molar-refractivity contribution in [3.8, 4) is 5.75 Å². The lowest BCUT2D eigenvalue weighted by atomic mass is 9.87. The fourth-order valence-electron chi connectivity index (χ4n) is 3.02. The Balaban J connectivity index is 2.06. The number of halogens is 1. The number of benzene rings is 2. The van der Waals surface area contributed by atoms with Gasteiger partial charge in [0.1, 0.15) is 5.75 Å². The van der Waals surface area contributed by atoms with E-state index in [-0.39, 0.29) is 18.0 Å². The minimum absolute atomic E-state index is 0.236. The molecular weight excluding hydrogens is 436 g/mol. The van der Waals surface area contributed by atoms with Crippen LogP contribution >= 0.6 is 23.4 Å². The molecule has 3 aromatic rings. The zero-order valence-electron chi connectivity index (χ0n) is 17.2. The van der Waals surface area contributed by atoms with Gasteiger partial charge >= 0.3 is 11.9 Å². The first-order valence-corrected chi connectivity index (χ1v) is 11.2. The van der Waals surface area contributed by atoms with Crippen LogP contribution in [0.3, 0.4) is 0 Å². The van der Waals surface area contributed by atoms with Gasteiger partial charge in [0.05, 0.1) is 18.4 Å². The number of aromatic nitrogens is 2. The molecule has 0 aliphatic carbocycles. The standard InChI is InChI=1S/C23H23ClN2O4S/c1-3-13-31-22-25-14-19(26(22)15-16-9-7-8-12-18(16)24)23(2,20(27)28)21(29)30-17-10-5-4-6-11-17/h4-12,14H,3,13,15H2,1-2H3,(H,27,28). The number of rotatable bonds is 9. The molecule has 1 aromatic heterocycles. The summed E-state index contributed by atoms with van der Waals surface area (Å²) in [7, 11) is 0. The van der Waals surface area contributed by atoms with Crippen molar-refractivity contribution in [2.24, 2.45) is 0 Å². The minimum Gasteiger partial charge on any atom is -0.480 e. The number of carboxylic acid groups (broad SMARTS) is 1. The Morgan fingerprint density at radius 3 is 2.48 bits per heavy atom. The second-order valence-electron chi connectivity index (χ2n) is 7.08. The molecule has 0 amide bonds. The van der Waals surface area contributed by atoms with Gasteiger partial charge < -0.3 is 14.4 Å². The number of imidazole rings is 1. The molecule has 0 saturated heterocycles. The lowest BCUT2D eigenvalue weighted by Gasteiger charge is -2.25. The SMILES string of the molecule is CCCSc1ncc(C(C)(C(=O)O)C(=O)Oc2ccccc2)n1Cc1ccccc1Cl. The van der Waals surface area contributed by atoms with E-state index in [0.29, 0.717) is 10.2 Å². The van der Waals surface area contributed by atoms with Crippen LogP contribution in [0.2, 0.25) is 5.02 Å². The Hall–Kier alpha value is -2.77. The third kappa shape index (κ3) is 4.94. The van der Waals surface area contributed by atoms with Crippen molar-refractivity contribution in [3.63, 3.8) is 0 Å².